The lowest BCUT2D eigenvalue weighted by Gasteiger charge is -2.00. The maximum atomic E-state index is 10.9. The van der Waals surface area contributed by atoms with E-state index in [2.05, 4.69) is 5.10 Å². The van der Waals surface area contributed by atoms with E-state index in [-0.39, 0.29) is 5.97 Å². The summed E-state index contributed by atoms with van der Waals surface area (Å²) in [4.78, 5) is 10.9. The topological polar surface area (TPSA) is 44.1 Å². The molecule has 0 spiro atoms. The number of rotatable bonds is 2. The molecular formula is C8H12N2O2. The van der Waals surface area contributed by atoms with Crippen LogP contribution in [0.15, 0.2) is 6.07 Å². The summed E-state index contributed by atoms with van der Waals surface area (Å²) in [5.74, 6) is 0.261. The van der Waals surface area contributed by atoms with Crippen molar-refractivity contribution in [2.45, 2.75) is 20.3 Å². The predicted octanol–water partition coefficient (Wildman–Crippen LogP) is 1.04. The Morgan fingerprint density at radius 1 is 1.75 bits per heavy atom. The van der Waals surface area contributed by atoms with E-state index in [9.17, 15) is 4.79 Å². The molecule has 1 aromatic rings. The summed E-state index contributed by atoms with van der Waals surface area (Å²) in [5, 5.41) is 4.04. The molecule has 0 fully saturated rings. The van der Waals surface area contributed by atoms with Gasteiger partial charge in [-0.25, -0.2) is 4.68 Å². The van der Waals surface area contributed by atoms with Crippen LogP contribution in [0.25, 0.3) is 0 Å². The van der Waals surface area contributed by atoms with Gasteiger partial charge >= 0.3 is 5.97 Å². The normalized spacial score (nSPS) is 9.92. The van der Waals surface area contributed by atoms with Crippen molar-refractivity contribution in [3.8, 4) is 5.88 Å². The highest BCUT2D eigenvalue weighted by molar-refractivity contribution is 5.71. The predicted molar refractivity (Wildman–Crippen MR) is 43.9 cm³/mol. The van der Waals surface area contributed by atoms with Gasteiger partial charge in [-0.3, -0.25) is 4.79 Å². The first kappa shape index (κ1) is 8.77. The van der Waals surface area contributed by atoms with Gasteiger partial charge in [-0.2, -0.15) is 5.10 Å². The third kappa shape index (κ3) is 1.84. The summed E-state index contributed by atoms with van der Waals surface area (Å²) in [6.07, 6.45) is 0.379. The Labute approximate surface area is 71.1 Å². The van der Waals surface area contributed by atoms with Gasteiger partial charge in [0.1, 0.15) is 0 Å². The molecule has 0 radical (unpaired) electrons. The largest absolute Gasteiger partial charge is 0.408 e. The van der Waals surface area contributed by atoms with Gasteiger partial charge in [-0.1, -0.05) is 6.92 Å². The molecule has 0 aliphatic heterocycles. The highest BCUT2D eigenvalue weighted by Gasteiger charge is 2.06. The Morgan fingerprint density at radius 3 is 2.83 bits per heavy atom. The van der Waals surface area contributed by atoms with Gasteiger partial charge in [-0.05, 0) is 6.92 Å². The molecule has 1 heterocycles. The fourth-order valence-corrected chi connectivity index (χ4v) is 0.871. The minimum atomic E-state index is -0.238. The van der Waals surface area contributed by atoms with E-state index in [4.69, 9.17) is 4.74 Å². The number of carbonyl (C=O) groups excluding carboxylic acids is 1. The minimum absolute atomic E-state index is 0.238. The van der Waals surface area contributed by atoms with Gasteiger partial charge in [0.15, 0.2) is 0 Å². The van der Waals surface area contributed by atoms with Crippen LogP contribution in [0.5, 0.6) is 5.88 Å². The first-order valence-electron chi connectivity index (χ1n) is 3.84. The van der Waals surface area contributed by atoms with Gasteiger partial charge in [0.2, 0.25) is 5.88 Å². The average Bonchev–Trinajstić information content (AvgIpc) is 2.30. The van der Waals surface area contributed by atoms with Crippen molar-refractivity contribution in [3.63, 3.8) is 0 Å². The van der Waals surface area contributed by atoms with E-state index < -0.39 is 0 Å². The molecule has 0 aromatic carbocycles. The second-order valence-electron chi connectivity index (χ2n) is 2.58. The molecule has 0 aliphatic carbocycles. The quantitative estimate of drug-likeness (QED) is 0.620. The van der Waals surface area contributed by atoms with Crippen LogP contribution in [0.4, 0.5) is 0 Å². The second kappa shape index (κ2) is 3.38. The minimum Gasteiger partial charge on any atom is -0.408 e. The average molecular weight is 168 g/mol. The standard InChI is InChI=1S/C8H12N2O2/c1-4-8(11)12-7-5-6(2)9-10(7)3/h5H,4H2,1-3H3. The first-order valence-corrected chi connectivity index (χ1v) is 3.84. The molecular weight excluding hydrogens is 156 g/mol. The summed E-state index contributed by atoms with van der Waals surface area (Å²) in [6.45, 7) is 3.61. The van der Waals surface area contributed by atoms with Crippen molar-refractivity contribution >= 4 is 5.97 Å². The van der Waals surface area contributed by atoms with Crippen molar-refractivity contribution in [1.29, 1.82) is 0 Å². The lowest BCUT2D eigenvalue weighted by molar-refractivity contribution is -0.134. The molecule has 1 rings (SSSR count). The smallest absolute Gasteiger partial charge is 0.312 e. The highest BCUT2D eigenvalue weighted by Crippen LogP contribution is 2.11. The van der Waals surface area contributed by atoms with Crippen LogP contribution in [-0.4, -0.2) is 15.7 Å². The second-order valence-corrected chi connectivity index (χ2v) is 2.58. The molecule has 12 heavy (non-hydrogen) atoms. The molecule has 66 valence electrons. The summed E-state index contributed by atoms with van der Waals surface area (Å²) in [5.41, 5.74) is 0.844. The molecule has 0 bridgehead atoms. The van der Waals surface area contributed by atoms with Crippen LogP contribution in [0.1, 0.15) is 19.0 Å². The number of aromatic nitrogens is 2. The molecule has 4 heteroatoms. The van der Waals surface area contributed by atoms with Crippen LogP contribution in [0.2, 0.25) is 0 Å². The molecule has 0 saturated carbocycles. The molecule has 0 amide bonds. The van der Waals surface area contributed by atoms with E-state index >= 15 is 0 Å². The number of aryl methyl sites for hydroxylation is 2. The lowest BCUT2D eigenvalue weighted by Crippen LogP contribution is -2.08. The van der Waals surface area contributed by atoms with E-state index in [1.54, 1.807) is 24.7 Å². The van der Waals surface area contributed by atoms with Gasteiger partial charge in [0.25, 0.3) is 0 Å². The van der Waals surface area contributed by atoms with Gasteiger partial charge in [0, 0.05) is 19.5 Å². The fourth-order valence-electron chi connectivity index (χ4n) is 0.871. The Morgan fingerprint density at radius 2 is 2.42 bits per heavy atom. The molecule has 1 aromatic heterocycles. The highest BCUT2D eigenvalue weighted by atomic mass is 16.5. The van der Waals surface area contributed by atoms with Crippen LogP contribution >= 0.6 is 0 Å². The van der Waals surface area contributed by atoms with Gasteiger partial charge in [-0.15, -0.1) is 0 Å². The van der Waals surface area contributed by atoms with E-state index in [0.717, 1.165) is 5.69 Å². The summed E-state index contributed by atoms with van der Waals surface area (Å²) >= 11 is 0. The van der Waals surface area contributed by atoms with Crippen LogP contribution in [-0.2, 0) is 11.8 Å². The van der Waals surface area contributed by atoms with Gasteiger partial charge < -0.3 is 4.74 Å². The molecule has 4 nitrogen and oxygen atoms in total. The van der Waals surface area contributed by atoms with Crippen molar-refractivity contribution in [2.24, 2.45) is 7.05 Å². The molecule has 0 aliphatic rings. The maximum absolute atomic E-state index is 10.9. The first-order chi connectivity index (χ1) is 5.63. The third-order valence-electron chi connectivity index (χ3n) is 1.47. The summed E-state index contributed by atoms with van der Waals surface area (Å²) in [6, 6.07) is 1.73. The molecule has 0 atom stereocenters. The monoisotopic (exact) mass is 168 g/mol. The molecule has 0 unspecified atom stereocenters. The number of hydrogen-bond donors (Lipinski definition) is 0. The summed E-state index contributed by atoms with van der Waals surface area (Å²) < 4.78 is 6.52. The molecule has 0 saturated heterocycles. The number of hydrogen-bond acceptors (Lipinski definition) is 3. The Hall–Kier alpha value is -1.32. The van der Waals surface area contributed by atoms with Crippen molar-refractivity contribution in [2.75, 3.05) is 0 Å². The van der Waals surface area contributed by atoms with Crippen LogP contribution < -0.4 is 4.74 Å². The Bertz CT molecular complexity index is 291. The van der Waals surface area contributed by atoms with Crippen molar-refractivity contribution < 1.29 is 9.53 Å². The van der Waals surface area contributed by atoms with Crippen molar-refractivity contribution in [1.82, 2.24) is 9.78 Å². The zero-order valence-electron chi connectivity index (χ0n) is 7.50. The van der Waals surface area contributed by atoms with E-state index in [0.29, 0.717) is 12.3 Å². The van der Waals surface area contributed by atoms with Crippen molar-refractivity contribution in [3.05, 3.63) is 11.8 Å². The van der Waals surface area contributed by atoms with E-state index in [1.807, 2.05) is 6.92 Å². The number of esters is 1. The SMILES string of the molecule is CCC(=O)Oc1cc(C)nn1C. The Balaban J connectivity index is 2.75. The van der Waals surface area contributed by atoms with E-state index in [1.165, 1.54) is 0 Å². The van der Waals surface area contributed by atoms with Crippen LogP contribution in [0, 0.1) is 6.92 Å². The van der Waals surface area contributed by atoms with Gasteiger partial charge in [0.05, 0.1) is 5.69 Å². The maximum Gasteiger partial charge on any atom is 0.312 e. The number of carbonyl (C=O) groups is 1. The number of nitrogens with zero attached hydrogens (tertiary/aromatic N) is 2. The van der Waals surface area contributed by atoms with Crippen LogP contribution in [0.3, 0.4) is 0 Å². The zero-order valence-corrected chi connectivity index (χ0v) is 7.50. The Kier molecular flexibility index (Phi) is 2.47. The lowest BCUT2D eigenvalue weighted by atomic mass is 10.5. The zero-order chi connectivity index (χ0) is 9.14. The number of ether oxygens (including phenoxy) is 1. The third-order valence-corrected chi connectivity index (χ3v) is 1.47. The summed E-state index contributed by atoms with van der Waals surface area (Å²) in [7, 11) is 1.74. The fraction of sp³-hybridized carbons (Fsp3) is 0.500. The molecule has 0 N–H and O–H groups in total.